The average Bonchev–Trinajstić information content (AvgIpc) is 2.88. The van der Waals surface area contributed by atoms with Crippen LogP contribution in [0.5, 0.6) is 0 Å². The van der Waals surface area contributed by atoms with Gasteiger partial charge in [0.2, 0.25) is 10.0 Å². The van der Waals surface area contributed by atoms with Crippen LogP contribution in [0.4, 0.5) is 13.2 Å². The second kappa shape index (κ2) is 6.55. The first-order valence-corrected chi connectivity index (χ1v) is 8.65. The maximum atomic E-state index is 12.2. The van der Waals surface area contributed by atoms with Crippen LogP contribution in [0, 0.1) is 0 Å². The van der Waals surface area contributed by atoms with Gasteiger partial charge < -0.3 is 5.32 Å². The van der Waals surface area contributed by atoms with Crippen molar-refractivity contribution in [3.8, 4) is 0 Å². The predicted molar refractivity (Wildman–Crippen MR) is 74.6 cm³/mol. The van der Waals surface area contributed by atoms with E-state index in [0.717, 1.165) is 31.5 Å². The number of benzene rings is 1. The minimum absolute atomic E-state index is 0.0352. The fourth-order valence-electron chi connectivity index (χ4n) is 2.05. The van der Waals surface area contributed by atoms with Crippen LogP contribution in [0.25, 0.3) is 0 Å². The van der Waals surface area contributed by atoms with Crippen LogP contribution in [-0.2, 0) is 10.0 Å². The second-order valence-corrected chi connectivity index (χ2v) is 7.57. The number of hydrogen-bond acceptors (Lipinski definition) is 4. The van der Waals surface area contributed by atoms with E-state index in [4.69, 9.17) is 0 Å². The van der Waals surface area contributed by atoms with Crippen molar-refractivity contribution in [1.82, 2.24) is 10.0 Å². The maximum Gasteiger partial charge on any atom is 0.446 e. The van der Waals surface area contributed by atoms with Crippen LogP contribution in [0.2, 0.25) is 0 Å². The van der Waals surface area contributed by atoms with E-state index in [1.165, 1.54) is 12.1 Å². The molecule has 1 atom stereocenters. The van der Waals surface area contributed by atoms with Gasteiger partial charge in [0.05, 0.1) is 4.90 Å². The highest BCUT2D eigenvalue weighted by molar-refractivity contribution is 8.00. The highest BCUT2D eigenvalue weighted by Gasteiger charge is 2.29. The third-order valence-electron chi connectivity index (χ3n) is 3.05. The first-order valence-electron chi connectivity index (χ1n) is 6.35. The normalized spacial score (nSPS) is 19.9. The topological polar surface area (TPSA) is 58.2 Å². The van der Waals surface area contributed by atoms with Gasteiger partial charge in [0.1, 0.15) is 0 Å². The second-order valence-electron chi connectivity index (χ2n) is 4.66. The van der Waals surface area contributed by atoms with Crippen molar-refractivity contribution in [3.63, 3.8) is 0 Å². The molecule has 2 N–H and O–H groups in total. The standard InChI is InChI=1S/C12H15F3N2O2S2/c13-12(14,15)20-10-3-5-11(6-4-10)21(18,19)17-8-9-2-1-7-16-9/h3-6,9,16-17H,1-2,7-8H2. The van der Waals surface area contributed by atoms with Gasteiger partial charge in [-0.15, -0.1) is 0 Å². The van der Waals surface area contributed by atoms with Crippen molar-refractivity contribution >= 4 is 21.8 Å². The van der Waals surface area contributed by atoms with E-state index in [0.29, 0.717) is 0 Å². The maximum absolute atomic E-state index is 12.2. The van der Waals surface area contributed by atoms with Crippen LogP contribution in [0.1, 0.15) is 12.8 Å². The smallest absolute Gasteiger partial charge is 0.313 e. The summed E-state index contributed by atoms with van der Waals surface area (Å²) in [5, 5.41) is 3.16. The Balaban J connectivity index is 1.99. The fraction of sp³-hybridized carbons (Fsp3) is 0.500. The van der Waals surface area contributed by atoms with E-state index in [9.17, 15) is 21.6 Å². The molecule has 1 aromatic carbocycles. The quantitative estimate of drug-likeness (QED) is 0.808. The van der Waals surface area contributed by atoms with Crippen LogP contribution >= 0.6 is 11.8 Å². The summed E-state index contributed by atoms with van der Waals surface area (Å²) in [4.78, 5) is -0.0778. The third-order valence-corrected chi connectivity index (χ3v) is 5.23. The Morgan fingerprint density at radius 2 is 1.95 bits per heavy atom. The molecule has 1 aliphatic rings. The van der Waals surface area contributed by atoms with Gasteiger partial charge in [-0.3, -0.25) is 0 Å². The predicted octanol–water partition coefficient (Wildman–Crippen LogP) is 2.33. The molecule has 1 aliphatic heterocycles. The highest BCUT2D eigenvalue weighted by atomic mass is 32.2. The monoisotopic (exact) mass is 340 g/mol. The lowest BCUT2D eigenvalue weighted by molar-refractivity contribution is -0.0328. The zero-order chi connectivity index (χ0) is 15.5. The molecule has 21 heavy (non-hydrogen) atoms. The summed E-state index contributed by atoms with van der Waals surface area (Å²) in [5.41, 5.74) is -4.38. The van der Waals surface area contributed by atoms with Crippen molar-refractivity contribution in [3.05, 3.63) is 24.3 Å². The Hall–Kier alpha value is -0.770. The first kappa shape index (κ1) is 16.6. The number of rotatable bonds is 5. The van der Waals surface area contributed by atoms with Crippen LogP contribution in [0.3, 0.4) is 0 Å². The molecule has 1 aromatic rings. The van der Waals surface area contributed by atoms with Crippen molar-refractivity contribution in [2.45, 2.75) is 34.2 Å². The molecule has 118 valence electrons. The Labute approximate surface area is 125 Å². The van der Waals surface area contributed by atoms with Gasteiger partial charge in [-0.25, -0.2) is 13.1 Å². The molecule has 1 unspecified atom stereocenters. The van der Waals surface area contributed by atoms with Gasteiger partial charge in [0.15, 0.2) is 0 Å². The van der Waals surface area contributed by atoms with E-state index < -0.39 is 15.5 Å². The van der Waals surface area contributed by atoms with Crippen molar-refractivity contribution in [2.24, 2.45) is 0 Å². The number of hydrogen-bond donors (Lipinski definition) is 2. The highest BCUT2D eigenvalue weighted by Crippen LogP contribution is 2.36. The zero-order valence-corrected chi connectivity index (χ0v) is 12.6. The molecule has 0 aromatic heterocycles. The largest absolute Gasteiger partial charge is 0.446 e. The van der Waals surface area contributed by atoms with E-state index in [1.54, 1.807) is 0 Å². The molecule has 0 spiro atoms. The summed E-state index contributed by atoms with van der Waals surface area (Å²) in [6.07, 6.45) is 1.92. The molecule has 4 nitrogen and oxygen atoms in total. The van der Waals surface area contributed by atoms with Crippen molar-refractivity contribution in [2.75, 3.05) is 13.1 Å². The fourth-order valence-corrected chi connectivity index (χ4v) is 3.67. The van der Waals surface area contributed by atoms with Crippen LogP contribution in [-0.4, -0.2) is 33.1 Å². The lowest BCUT2D eigenvalue weighted by Gasteiger charge is -2.12. The Kier molecular flexibility index (Phi) is 5.18. The lowest BCUT2D eigenvalue weighted by atomic mass is 10.2. The summed E-state index contributed by atoms with van der Waals surface area (Å²) in [7, 11) is -3.69. The van der Waals surface area contributed by atoms with E-state index in [1.807, 2.05) is 0 Å². The average molecular weight is 340 g/mol. The number of sulfonamides is 1. The summed E-state index contributed by atoms with van der Waals surface area (Å²) < 4.78 is 63.1. The van der Waals surface area contributed by atoms with Gasteiger partial charge in [0, 0.05) is 17.5 Å². The summed E-state index contributed by atoms with van der Waals surface area (Å²) in [5.74, 6) is 0. The van der Waals surface area contributed by atoms with Gasteiger partial charge >= 0.3 is 5.51 Å². The minimum Gasteiger partial charge on any atom is -0.313 e. The first-order chi connectivity index (χ1) is 9.76. The summed E-state index contributed by atoms with van der Waals surface area (Å²) in [6.45, 7) is 1.15. The molecule has 9 heteroatoms. The van der Waals surface area contributed by atoms with Crippen LogP contribution < -0.4 is 10.0 Å². The number of nitrogens with one attached hydrogen (secondary N) is 2. The Morgan fingerprint density at radius 3 is 2.48 bits per heavy atom. The van der Waals surface area contributed by atoms with Gasteiger partial charge in [-0.1, -0.05) is 0 Å². The number of alkyl halides is 3. The van der Waals surface area contributed by atoms with Gasteiger partial charge in [-0.2, -0.15) is 13.2 Å². The summed E-state index contributed by atoms with van der Waals surface area (Å²) in [6, 6.07) is 4.78. The summed E-state index contributed by atoms with van der Waals surface area (Å²) >= 11 is -0.271. The molecule has 1 heterocycles. The van der Waals surface area contributed by atoms with E-state index >= 15 is 0 Å². The van der Waals surface area contributed by atoms with E-state index in [-0.39, 0.29) is 34.1 Å². The third kappa shape index (κ3) is 5.17. The van der Waals surface area contributed by atoms with E-state index in [2.05, 4.69) is 10.0 Å². The number of thioether (sulfide) groups is 1. The molecule has 0 saturated carbocycles. The minimum atomic E-state index is -4.38. The Bertz CT molecular complexity index is 567. The molecule has 0 bridgehead atoms. The lowest BCUT2D eigenvalue weighted by Crippen LogP contribution is -2.37. The van der Waals surface area contributed by atoms with Gasteiger partial charge in [-0.05, 0) is 55.4 Å². The molecular formula is C12H15F3N2O2S2. The zero-order valence-electron chi connectivity index (χ0n) is 11.0. The van der Waals surface area contributed by atoms with Crippen LogP contribution in [0.15, 0.2) is 34.1 Å². The van der Waals surface area contributed by atoms with Gasteiger partial charge in [0.25, 0.3) is 0 Å². The SMILES string of the molecule is O=S(=O)(NCC1CCCN1)c1ccc(SC(F)(F)F)cc1. The number of halogens is 3. The van der Waals surface area contributed by atoms with Crippen molar-refractivity contribution in [1.29, 1.82) is 0 Å². The molecular weight excluding hydrogens is 325 g/mol. The Morgan fingerprint density at radius 1 is 1.29 bits per heavy atom. The molecule has 0 amide bonds. The molecule has 0 aliphatic carbocycles. The molecule has 1 saturated heterocycles. The molecule has 1 fully saturated rings. The van der Waals surface area contributed by atoms with Crippen molar-refractivity contribution < 1.29 is 21.6 Å². The molecule has 0 radical (unpaired) electrons. The molecule has 2 rings (SSSR count).